The van der Waals surface area contributed by atoms with Crippen LogP contribution >= 0.6 is 0 Å². The molecule has 1 aliphatic heterocycles. The summed E-state index contributed by atoms with van der Waals surface area (Å²) in [5, 5.41) is 10.2. The molecule has 0 saturated carbocycles. The molecule has 2 amide bonds. The molecule has 1 aromatic carbocycles. The molecule has 2 rings (SSSR count). The summed E-state index contributed by atoms with van der Waals surface area (Å²) in [6.45, 7) is 1.80. The van der Waals surface area contributed by atoms with Crippen molar-refractivity contribution in [1.29, 1.82) is 0 Å². The predicted octanol–water partition coefficient (Wildman–Crippen LogP) is 2.86. The van der Waals surface area contributed by atoms with E-state index in [0.717, 1.165) is 24.2 Å². The van der Waals surface area contributed by atoms with Gasteiger partial charge < -0.3 is 5.11 Å². The van der Waals surface area contributed by atoms with Crippen LogP contribution < -0.4 is 0 Å². The number of rotatable bonds is 6. The van der Waals surface area contributed by atoms with Crippen molar-refractivity contribution in [1.82, 2.24) is 4.90 Å². The second-order valence-corrected chi connectivity index (χ2v) is 5.61. The summed E-state index contributed by atoms with van der Waals surface area (Å²) in [5.74, 6) is -1.92. The van der Waals surface area contributed by atoms with Crippen molar-refractivity contribution in [3.05, 3.63) is 41.5 Å². The molecule has 0 unspecified atom stereocenters. The first-order valence-electron chi connectivity index (χ1n) is 7.92. The van der Waals surface area contributed by atoms with E-state index in [4.69, 9.17) is 0 Å². The van der Waals surface area contributed by atoms with E-state index in [2.05, 4.69) is 6.92 Å². The third kappa shape index (κ3) is 3.86. The molecule has 1 saturated heterocycles. The summed E-state index contributed by atoms with van der Waals surface area (Å²) in [4.78, 5) is 37.5. The Bertz CT molecular complexity index is 634. The highest BCUT2D eigenvalue weighted by molar-refractivity contribution is 6.32. The number of imide groups is 1. The summed E-state index contributed by atoms with van der Waals surface area (Å²) < 4.78 is 0. The van der Waals surface area contributed by atoms with Gasteiger partial charge in [0, 0.05) is 12.0 Å². The first kappa shape index (κ1) is 16.9. The summed E-state index contributed by atoms with van der Waals surface area (Å²) in [6.07, 6.45) is 3.98. The fourth-order valence-corrected chi connectivity index (χ4v) is 2.56. The number of carbonyl (C=O) groups is 3. The zero-order valence-corrected chi connectivity index (χ0v) is 13.2. The SMILES string of the molecule is CCCCCCC(=O)N1CC(=O)/C(=C(/O)c2ccccc2)C1=O. The number of nitrogens with zero attached hydrogens (tertiary/aromatic N) is 1. The molecule has 0 radical (unpaired) electrons. The fourth-order valence-electron chi connectivity index (χ4n) is 2.56. The van der Waals surface area contributed by atoms with Gasteiger partial charge in [0.1, 0.15) is 11.3 Å². The zero-order valence-electron chi connectivity index (χ0n) is 13.2. The van der Waals surface area contributed by atoms with Gasteiger partial charge in [0.25, 0.3) is 5.91 Å². The first-order chi connectivity index (χ1) is 11.1. The van der Waals surface area contributed by atoms with Crippen LogP contribution in [0.15, 0.2) is 35.9 Å². The molecular weight excluding hydrogens is 294 g/mol. The van der Waals surface area contributed by atoms with Crippen LogP contribution in [0.2, 0.25) is 0 Å². The monoisotopic (exact) mass is 315 g/mol. The number of benzene rings is 1. The zero-order chi connectivity index (χ0) is 16.8. The molecule has 0 spiro atoms. The Morgan fingerprint density at radius 1 is 1.13 bits per heavy atom. The maximum atomic E-state index is 12.3. The Hall–Kier alpha value is -2.43. The van der Waals surface area contributed by atoms with E-state index in [1.54, 1.807) is 30.3 Å². The maximum Gasteiger partial charge on any atom is 0.268 e. The van der Waals surface area contributed by atoms with Crippen LogP contribution in [-0.4, -0.2) is 34.1 Å². The van der Waals surface area contributed by atoms with Crippen LogP contribution in [0.4, 0.5) is 0 Å². The van der Waals surface area contributed by atoms with Crippen LogP contribution in [0, 0.1) is 0 Å². The second-order valence-electron chi connectivity index (χ2n) is 5.61. The van der Waals surface area contributed by atoms with Gasteiger partial charge in [-0.2, -0.15) is 0 Å². The van der Waals surface area contributed by atoms with Crippen LogP contribution in [0.3, 0.4) is 0 Å². The molecule has 5 nitrogen and oxygen atoms in total. The van der Waals surface area contributed by atoms with Gasteiger partial charge in [-0.1, -0.05) is 56.5 Å². The Morgan fingerprint density at radius 3 is 2.48 bits per heavy atom. The first-order valence-corrected chi connectivity index (χ1v) is 7.92. The van der Waals surface area contributed by atoms with E-state index < -0.39 is 11.7 Å². The number of unbranched alkanes of at least 4 members (excludes halogenated alkanes) is 3. The molecule has 23 heavy (non-hydrogen) atoms. The van der Waals surface area contributed by atoms with Crippen molar-refractivity contribution in [2.45, 2.75) is 39.0 Å². The van der Waals surface area contributed by atoms with Crippen molar-refractivity contribution in [2.75, 3.05) is 6.54 Å². The van der Waals surface area contributed by atoms with E-state index >= 15 is 0 Å². The minimum absolute atomic E-state index is 0.248. The maximum absolute atomic E-state index is 12.3. The van der Waals surface area contributed by atoms with E-state index in [9.17, 15) is 19.5 Å². The van der Waals surface area contributed by atoms with Crippen molar-refractivity contribution >= 4 is 23.4 Å². The Balaban J connectivity index is 2.12. The van der Waals surface area contributed by atoms with E-state index in [0.29, 0.717) is 12.0 Å². The lowest BCUT2D eigenvalue weighted by Crippen LogP contribution is -2.32. The average Bonchev–Trinajstić information content (AvgIpc) is 2.86. The van der Waals surface area contributed by atoms with Gasteiger partial charge in [-0.25, -0.2) is 0 Å². The fraction of sp³-hybridized carbons (Fsp3) is 0.389. The minimum Gasteiger partial charge on any atom is -0.506 e. The van der Waals surface area contributed by atoms with Gasteiger partial charge in [-0.3, -0.25) is 19.3 Å². The molecular formula is C18H21NO4. The Morgan fingerprint density at radius 2 is 1.83 bits per heavy atom. The molecule has 1 aromatic rings. The topological polar surface area (TPSA) is 74.7 Å². The summed E-state index contributed by atoms with van der Waals surface area (Å²) in [5.41, 5.74) is 0.0968. The molecule has 1 heterocycles. The lowest BCUT2D eigenvalue weighted by atomic mass is 10.1. The lowest BCUT2D eigenvalue weighted by molar-refractivity contribution is -0.141. The number of aliphatic hydroxyl groups excluding tert-OH is 1. The molecule has 1 N–H and O–H groups in total. The summed E-state index contributed by atoms with van der Waals surface area (Å²) in [6, 6.07) is 8.39. The highest BCUT2D eigenvalue weighted by Gasteiger charge is 2.39. The Kier molecular flexibility index (Phi) is 5.68. The van der Waals surface area contributed by atoms with Crippen molar-refractivity contribution < 1.29 is 19.5 Å². The van der Waals surface area contributed by atoms with E-state index in [1.807, 2.05) is 0 Å². The minimum atomic E-state index is -0.697. The predicted molar refractivity (Wildman–Crippen MR) is 86.5 cm³/mol. The molecule has 0 atom stereocenters. The van der Waals surface area contributed by atoms with Crippen molar-refractivity contribution in [2.24, 2.45) is 0 Å². The van der Waals surface area contributed by atoms with Gasteiger partial charge in [0.05, 0.1) is 6.54 Å². The highest BCUT2D eigenvalue weighted by atomic mass is 16.3. The normalized spacial score (nSPS) is 16.8. The van der Waals surface area contributed by atoms with Crippen LogP contribution in [-0.2, 0) is 14.4 Å². The number of hydrogen-bond acceptors (Lipinski definition) is 4. The molecule has 122 valence electrons. The molecule has 1 fully saturated rings. The van der Waals surface area contributed by atoms with Crippen LogP contribution in [0.5, 0.6) is 0 Å². The molecule has 1 aliphatic rings. The van der Waals surface area contributed by atoms with E-state index in [1.165, 1.54) is 0 Å². The number of ketones is 1. The Labute approximate surface area is 135 Å². The average molecular weight is 315 g/mol. The van der Waals surface area contributed by atoms with Crippen molar-refractivity contribution in [3.63, 3.8) is 0 Å². The number of likely N-dealkylation sites (tertiary alicyclic amines) is 1. The van der Waals surface area contributed by atoms with Gasteiger partial charge in [-0.05, 0) is 6.42 Å². The molecule has 0 bridgehead atoms. The molecule has 5 heteroatoms. The summed E-state index contributed by atoms with van der Waals surface area (Å²) >= 11 is 0. The number of hydrogen-bond donors (Lipinski definition) is 1. The van der Waals surface area contributed by atoms with Gasteiger partial charge in [0.2, 0.25) is 5.91 Å². The standard InChI is InChI=1S/C18H21NO4/c1-2-3-4-8-11-15(21)19-12-14(20)16(18(19)23)17(22)13-9-6-5-7-10-13/h5-7,9-10,22H,2-4,8,11-12H2,1H3/b17-16-. The van der Waals surface area contributed by atoms with E-state index in [-0.39, 0.29) is 30.2 Å². The van der Waals surface area contributed by atoms with Gasteiger partial charge in [0.15, 0.2) is 5.78 Å². The highest BCUT2D eigenvalue weighted by Crippen LogP contribution is 2.24. The smallest absolute Gasteiger partial charge is 0.268 e. The molecule has 0 aromatic heterocycles. The van der Waals surface area contributed by atoms with Gasteiger partial charge >= 0.3 is 0 Å². The van der Waals surface area contributed by atoms with Crippen LogP contribution in [0.25, 0.3) is 5.76 Å². The molecule has 0 aliphatic carbocycles. The number of amides is 2. The largest absolute Gasteiger partial charge is 0.506 e. The third-order valence-electron chi connectivity index (χ3n) is 3.87. The van der Waals surface area contributed by atoms with Crippen molar-refractivity contribution in [3.8, 4) is 0 Å². The second kappa shape index (κ2) is 7.72. The number of carbonyl (C=O) groups excluding carboxylic acids is 3. The third-order valence-corrected chi connectivity index (χ3v) is 3.87. The van der Waals surface area contributed by atoms with Crippen LogP contribution in [0.1, 0.15) is 44.6 Å². The number of Topliss-reactive ketones (excluding diaryl/α,β-unsaturated/α-hetero) is 1. The lowest BCUT2D eigenvalue weighted by Gasteiger charge is -2.12. The quantitative estimate of drug-likeness (QED) is 0.379. The van der Waals surface area contributed by atoms with Gasteiger partial charge in [-0.15, -0.1) is 0 Å². The summed E-state index contributed by atoms with van der Waals surface area (Å²) in [7, 11) is 0. The number of aliphatic hydroxyl groups is 1.